The van der Waals surface area contributed by atoms with Gasteiger partial charge < -0.3 is 10.1 Å². The Morgan fingerprint density at radius 2 is 1.57 bits per heavy atom. The number of hydrogen-bond donors (Lipinski definition) is 1. The van der Waals surface area contributed by atoms with Gasteiger partial charge in [0, 0.05) is 11.3 Å². The lowest BCUT2D eigenvalue weighted by atomic mass is 10.1. The number of nitrogens with zero attached hydrogens (tertiary/aromatic N) is 3. The molecule has 0 bridgehead atoms. The number of nitrogens with one attached hydrogen (secondary N) is 1. The molecule has 0 aliphatic heterocycles. The van der Waals surface area contributed by atoms with E-state index >= 15 is 0 Å². The van der Waals surface area contributed by atoms with Crippen LogP contribution in [0.25, 0.3) is 5.69 Å². The number of carbonyl (C=O) groups is 1. The first-order chi connectivity index (χ1) is 20.0. The van der Waals surface area contributed by atoms with Crippen LogP contribution in [0.2, 0.25) is 0 Å². The molecule has 3 aromatic carbocycles. The van der Waals surface area contributed by atoms with Crippen molar-refractivity contribution in [3.8, 4) is 11.4 Å². The van der Waals surface area contributed by atoms with Crippen LogP contribution in [0.15, 0.2) is 78.0 Å². The van der Waals surface area contributed by atoms with E-state index in [0.29, 0.717) is 23.5 Å². The molecule has 1 heterocycles. The normalized spacial score (nSPS) is 11.9. The Hall–Kier alpha value is -4.00. The van der Waals surface area contributed by atoms with Gasteiger partial charge in [-0.3, -0.25) is 9.36 Å². The van der Waals surface area contributed by atoms with Crippen LogP contribution in [0.5, 0.6) is 5.75 Å². The van der Waals surface area contributed by atoms with Crippen LogP contribution in [0.1, 0.15) is 52.6 Å². The third kappa shape index (κ3) is 8.05. The quantitative estimate of drug-likeness (QED) is 0.107. The maximum atomic E-state index is 13.5. The molecule has 0 fully saturated rings. The molecule has 6 nitrogen and oxygen atoms in total. The van der Waals surface area contributed by atoms with E-state index in [9.17, 15) is 31.1 Å². The standard InChI is InChI=1S/C29H26F6N4O2S/c1-2-3-14-41-24-12-10-20(11-13-24)26(40)36-17-25-37-38-27(39(25)23-9-5-8-22(16-23)29(33,34)35)42-18-19-6-4-7-21(15-19)28(30,31)32/h4-13,15-16H,2-3,14,17-18H2,1H3,(H,36,40). The van der Waals surface area contributed by atoms with Gasteiger partial charge in [-0.25, -0.2) is 0 Å². The molecule has 0 aliphatic rings. The zero-order valence-corrected chi connectivity index (χ0v) is 23.1. The van der Waals surface area contributed by atoms with E-state index in [-0.39, 0.29) is 29.0 Å². The fraction of sp³-hybridized carbons (Fsp3) is 0.276. The fourth-order valence-electron chi connectivity index (χ4n) is 3.87. The van der Waals surface area contributed by atoms with Crippen molar-refractivity contribution >= 4 is 17.7 Å². The summed E-state index contributed by atoms with van der Waals surface area (Å²) in [4.78, 5) is 12.8. The summed E-state index contributed by atoms with van der Waals surface area (Å²) in [5.41, 5.74) is -0.964. The molecule has 0 aliphatic carbocycles. The first-order valence-corrected chi connectivity index (χ1v) is 13.9. The maximum Gasteiger partial charge on any atom is 0.416 e. The van der Waals surface area contributed by atoms with Crippen molar-refractivity contribution in [1.29, 1.82) is 0 Å². The van der Waals surface area contributed by atoms with Crippen LogP contribution >= 0.6 is 11.8 Å². The molecule has 0 saturated heterocycles. The van der Waals surface area contributed by atoms with Crippen LogP contribution < -0.4 is 10.1 Å². The maximum absolute atomic E-state index is 13.5. The van der Waals surface area contributed by atoms with Gasteiger partial charge in [0.05, 0.1) is 30.0 Å². The Morgan fingerprint density at radius 1 is 0.905 bits per heavy atom. The summed E-state index contributed by atoms with van der Waals surface area (Å²) < 4.78 is 86.8. The van der Waals surface area contributed by atoms with E-state index in [1.165, 1.54) is 28.8 Å². The summed E-state index contributed by atoms with van der Waals surface area (Å²) >= 11 is 1.00. The lowest BCUT2D eigenvalue weighted by Gasteiger charge is -2.14. The second kappa shape index (κ2) is 13.3. The monoisotopic (exact) mass is 608 g/mol. The van der Waals surface area contributed by atoms with Crippen LogP contribution in [-0.4, -0.2) is 27.3 Å². The van der Waals surface area contributed by atoms with E-state index in [2.05, 4.69) is 15.5 Å². The summed E-state index contributed by atoms with van der Waals surface area (Å²) in [5, 5.41) is 11.0. The SMILES string of the molecule is CCCCOc1ccc(C(=O)NCc2nnc(SCc3cccc(C(F)(F)F)c3)n2-c2cccc(C(F)(F)F)c2)cc1. The average Bonchev–Trinajstić information content (AvgIpc) is 3.37. The van der Waals surface area contributed by atoms with Gasteiger partial charge in [-0.15, -0.1) is 10.2 Å². The molecule has 0 radical (unpaired) electrons. The zero-order valence-electron chi connectivity index (χ0n) is 22.3. The highest BCUT2D eigenvalue weighted by molar-refractivity contribution is 7.98. The Morgan fingerprint density at radius 3 is 2.24 bits per heavy atom. The number of amides is 1. The van der Waals surface area contributed by atoms with Crippen molar-refractivity contribution in [2.24, 2.45) is 0 Å². The lowest BCUT2D eigenvalue weighted by molar-refractivity contribution is -0.138. The molecular weight excluding hydrogens is 582 g/mol. The number of halogens is 6. The van der Waals surface area contributed by atoms with Gasteiger partial charge in [0.15, 0.2) is 11.0 Å². The molecule has 1 aromatic heterocycles. The van der Waals surface area contributed by atoms with Gasteiger partial charge in [0.25, 0.3) is 5.91 Å². The molecule has 0 unspecified atom stereocenters. The van der Waals surface area contributed by atoms with Crippen molar-refractivity contribution in [1.82, 2.24) is 20.1 Å². The number of aromatic nitrogens is 3. The van der Waals surface area contributed by atoms with Crippen LogP contribution in [0, 0.1) is 0 Å². The summed E-state index contributed by atoms with van der Waals surface area (Å²) in [6.07, 6.45) is -7.26. The Balaban J connectivity index is 1.56. The number of benzene rings is 3. The first kappa shape index (κ1) is 30.9. The molecule has 0 spiro atoms. The molecule has 0 saturated carbocycles. The number of hydrogen-bond acceptors (Lipinski definition) is 5. The van der Waals surface area contributed by atoms with Crippen molar-refractivity contribution in [2.45, 2.75) is 49.6 Å². The van der Waals surface area contributed by atoms with Crippen LogP contribution in [0.3, 0.4) is 0 Å². The highest BCUT2D eigenvalue weighted by Gasteiger charge is 2.32. The molecule has 4 aromatic rings. The average molecular weight is 609 g/mol. The molecule has 1 N–H and O–H groups in total. The lowest BCUT2D eigenvalue weighted by Crippen LogP contribution is -2.24. The minimum absolute atomic E-state index is 0.0417. The smallest absolute Gasteiger partial charge is 0.416 e. The minimum atomic E-state index is -4.61. The Labute approximate surface area is 242 Å². The third-order valence-electron chi connectivity index (χ3n) is 6.04. The summed E-state index contributed by atoms with van der Waals surface area (Å²) in [5.74, 6) is 0.340. The fourth-order valence-corrected chi connectivity index (χ4v) is 4.79. The van der Waals surface area contributed by atoms with E-state index in [4.69, 9.17) is 4.74 Å². The molecule has 222 valence electrons. The molecule has 13 heteroatoms. The Kier molecular flexibility index (Phi) is 9.81. The topological polar surface area (TPSA) is 69.0 Å². The highest BCUT2D eigenvalue weighted by Crippen LogP contribution is 2.33. The largest absolute Gasteiger partial charge is 0.494 e. The van der Waals surface area contributed by atoms with Crippen LogP contribution in [0.4, 0.5) is 26.3 Å². The number of rotatable bonds is 11. The first-order valence-electron chi connectivity index (χ1n) is 12.9. The van der Waals surface area contributed by atoms with Gasteiger partial charge in [-0.1, -0.05) is 49.4 Å². The summed E-state index contributed by atoms with van der Waals surface area (Å²) in [6, 6.07) is 15.7. The van der Waals surface area contributed by atoms with Gasteiger partial charge >= 0.3 is 12.4 Å². The van der Waals surface area contributed by atoms with Crippen LogP contribution in [-0.2, 0) is 24.7 Å². The summed E-state index contributed by atoms with van der Waals surface area (Å²) in [7, 11) is 0. The van der Waals surface area contributed by atoms with Crippen molar-refractivity contribution in [3.63, 3.8) is 0 Å². The van der Waals surface area contributed by atoms with E-state index < -0.39 is 29.4 Å². The minimum Gasteiger partial charge on any atom is -0.494 e. The summed E-state index contributed by atoms with van der Waals surface area (Å²) in [6.45, 7) is 2.42. The molecule has 42 heavy (non-hydrogen) atoms. The van der Waals surface area contributed by atoms with Gasteiger partial charge in [-0.2, -0.15) is 26.3 Å². The second-order valence-electron chi connectivity index (χ2n) is 9.18. The number of ether oxygens (including phenoxy) is 1. The highest BCUT2D eigenvalue weighted by atomic mass is 32.2. The number of carbonyl (C=O) groups excluding carboxylic acids is 1. The van der Waals surface area contributed by atoms with Gasteiger partial charge in [0.1, 0.15) is 5.75 Å². The molecule has 0 atom stereocenters. The zero-order chi connectivity index (χ0) is 30.3. The second-order valence-corrected chi connectivity index (χ2v) is 10.1. The molecule has 1 amide bonds. The molecule has 4 rings (SSSR count). The predicted octanol–water partition coefficient (Wildman–Crippen LogP) is 7.71. The van der Waals surface area contributed by atoms with E-state index in [1.54, 1.807) is 24.3 Å². The van der Waals surface area contributed by atoms with Gasteiger partial charge in [0.2, 0.25) is 0 Å². The van der Waals surface area contributed by atoms with Crippen molar-refractivity contribution < 1.29 is 35.9 Å². The number of thioether (sulfide) groups is 1. The van der Waals surface area contributed by atoms with E-state index in [1.807, 2.05) is 6.92 Å². The number of unbranched alkanes of at least 4 members (excludes halogenated alkanes) is 1. The predicted molar refractivity (Wildman–Crippen MR) is 145 cm³/mol. The van der Waals surface area contributed by atoms with E-state index in [0.717, 1.165) is 48.9 Å². The number of alkyl halides is 6. The third-order valence-corrected chi connectivity index (χ3v) is 7.04. The Bertz CT molecular complexity index is 1500. The van der Waals surface area contributed by atoms with Gasteiger partial charge in [-0.05, 0) is 60.5 Å². The van der Waals surface area contributed by atoms with Crippen molar-refractivity contribution in [3.05, 3.63) is 101 Å². The van der Waals surface area contributed by atoms with Crippen molar-refractivity contribution in [2.75, 3.05) is 6.61 Å². The molecular formula is C29H26F6N4O2S.